The van der Waals surface area contributed by atoms with Gasteiger partial charge in [-0.1, -0.05) is 12.1 Å². The number of ether oxygens (including phenoxy) is 2. The zero-order valence-corrected chi connectivity index (χ0v) is 19.0. The lowest BCUT2D eigenvalue weighted by atomic mass is 9.79. The van der Waals surface area contributed by atoms with Crippen LogP contribution in [0.15, 0.2) is 42.6 Å². The second-order valence-electron chi connectivity index (χ2n) is 8.80. The van der Waals surface area contributed by atoms with E-state index in [9.17, 15) is 9.59 Å². The Morgan fingerprint density at radius 1 is 0.938 bits per heavy atom. The van der Waals surface area contributed by atoms with Crippen LogP contribution in [-0.2, 0) is 18.9 Å². The molecule has 0 spiro atoms. The summed E-state index contributed by atoms with van der Waals surface area (Å²) in [5.41, 5.74) is 1.31. The van der Waals surface area contributed by atoms with Crippen molar-refractivity contribution < 1.29 is 28.4 Å². The third-order valence-corrected chi connectivity index (χ3v) is 5.75. The van der Waals surface area contributed by atoms with Gasteiger partial charge in [-0.05, 0) is 51.4 Å². The maximum absolute atomic E-state index is 11.6. The molecule has 1 aliphatic rings. The Kier molecular flexibility index (Phi) is 5.34. The number of rotatable bonds is 4. The molecule has 1 aliphatic heterocycles. The van der Waals surface area contributed by atoms with Crippen molar-refractivity contribution >= 4 is 35.4 Å². The fourth-order valence-corrected chi connectivity index (χ4v) is 3.44. The van der Waals surface area contributed by atoms with Crippen molar-refractivity contribution in [2.75, 3.05) is 0 Å². The molecular weight excluding hydrogens is 411 g/mol. The van der Waals surface area contributed by atoms with Crippen LogP contribution in [0.25, 0.3) is 16.6 Å². The van der Waals surface area contributed by atoms with E-state index in [-0.39, 0.29) is 11.5 Å². The zero-order valence-electron chi connectivity index (χ0n) is 19.0. The Balaban J connectivity index is 1.70. The molecule has 2 heterocycles. The number of nitrogens with zero attached hydrogens (tertiary/aromatic N) is 2. The Labute approximate surface area is 186 Å². The van der Waals surface area contributed by atoms with Crippen LogP contribution in [0.2, 0.25) is 0 Å². The molecule has 1 fully saturated rings. The lowest BCUT2D eigenvalue weighted by molar-refractivity contribution is -0.132. The largest absolute Gasteiger partial charge is 0.494 e. The van der Waals surface area contributed by atoms with E-state index in [2.05, 4.69) is 5.10 Å². The molecule has 32 heavy (non-hydrogen) atoms. The molecule has 2 aromatic carbocycles. The van der Waals surface area contributed by atoms with Gasteiger partial charge in [0.25, 0.3) is 0 Å². The van der Waals surface area contributed by atoms with Crippen LogP contribution in [-0.4, -0.2) is 40.0 Å². The molecule has 0 saturated carbocycles. The van der Waals surface area contributed by atoms with Crippen LogP contribution in [0.1, 0.15) is 41.5 Å². The highest BCUT2D eigenvalue weighted by atomic mass is 16.7. The van der Waals surface area contributed by atoms with Crippen LogP contribution in [0, 0.1) is 0 Å². The monoisotopic (exact) mass is 436 g/mol. The molecule has 4 rings (SSSR count). The second kappa shape index (κ2) is 7.76. The van der Waals surface area contributed by atoms with Gasteiger partial charge in [-0.15, -0.1) is 0 Å². The molecule has 0 radical (unpaired) electrons. The van der Waals surface area contributed by atoms with Gasteiger partial charge in [-0.25, -0.2) is 4.68 Å². The van der Waals surface area contributed by atoms with E-state index in [0.717, 1.165) is 16.4 Å². The first-order chi connectivity index (χ1) is 14.9. The normalized spacial score (nSPS) is 16.9. The Morgan fingerprint density at radius 2 is 1.59 bits per heavy atom. The van der Waals surface area contributed by atoms with Gasteiger partial charge in [0, 0.05) is 31.5 Å². The summed E-state index contributed by atoms with van der Waals surface area (Å²) in [6.07, 6.45) is 1.83. The van der Waals surface area contributed by atoms with Gasteiger partial charge in [0.15, 0.2) is 5.75 Å². The van der Waals surface area contributed by atoms with Crippen LogP contribution in [0.4, 0.5) is 0 Å². The third kappa shape index (κ3) is 4.13. The average Bonchev–Trinajstić information content (AvgIpc) is 3.17. The van der Waals surface area contributed by atoms with Gasteiger partial charge >= 0.3 is 19.1 Å². The molecule has 3 aromatic rings. The smallest absolute Gasteiger partial charge is 0.427 e. The minimum atomic E-state index is -0.494. The van der Waals surface area contributed by atoms with Crippen molar-refractivity contribution in [1.82, 2.24) is 9.78 Å². The molecule has 0 amide bonds. The first kappa shape index (κ1) is 22.0. The van der Waals surface area contributed by atoms with E-state index in [1.165, 1.54) is 19.9 Å². The molecule has 0 aliphatic carbocycles. The van der Waals surface area contributed by atoms with Gasteiger partial charge in [0.1, 0.15) is 11.4 Å². The van der Waals surface area contributed by atoms with Gasteiger partial charge in [-0.3, -0.25) is 9.59 Å². The van der Waals surface area contributed by atoms with Crippen molar-refractivity contribution in [3.63, 3.8) is 0 Å². The van der Waals surface area contributed by atoms with Crippen molar-refractivity contribution in [2.24, 2.45) is 0 Å². The minimum Gasteiger partial charge on any atom is -0.427 e. The van der Waals surface area contributed by atoms with Gasteiger partial charge in [-0.2, -0.15) is 5.10 Å². The first-order valence-electron chi connectivity index (χ1n) is 10.3. The number of carbonyl (C=O) groups is 2. The molecule has 1 saturated heterocycles. The maximum atomic E-state index is 11.6. The van der Waals surface area contributed by atoms with E-state index >= 15 is 0 Å². The molecular formula is C23H25BN2O6. The average molecular weight is 436 g/mol. The van der Waals surface area contributed by atoms with Crippen molar-refractivity contribution in [3.8, 4) is 17.2 Å². The fourth-order valence-electron chi connectivity index (χ4n) is 3.44. The summed E-state index contributed by atoms with van der Waals surface area (Å²) in [6, 6.07) is 10.6. The highest BCUT2D eigenvalue weighted by Gasteiger charge is 2.51. The summed E-state index contributed by atoms with van der Waals surface area (Å²) in [7, 11) is -0.479. The quantitative estimate of drug-likeness (QED) is 0.353. The summed E-state index contributed by atoms with van der Waals surface area (Å²) in [5, 5.41) is 5.47. The summed E-state index contributed by atoms with van der Waals surface area (Å²) < 4.78 is 24.4. The van der Waals surface area contributed by atoms with E-state index in [1.807, 2.05) is 52.1 Å². The number of aromatic nitrogens is 2. The molecule has 166 valence electrons. The molecule has 0 N–H and O–H groups in total. The summed E-state index contributed by atoms with van der Waals surface area (Å²) in [6.45, 7) is 10.7. The molecule has 9 heteroatoms. The fraction of sp³-hybridized carbons (Fsp3) is 0.348. The summed E-state index contributed by atoms with van der Waals surface area (Å²) in [4.78, 5) is 22.9. The maximum Gasteiger partial charge on any atom is 0.494 e. The molecule has 1 aromatic heterocycles. The summed E-state index contributed by atoms with van der Waals surface area (Å²) in [5.74, 6) is -0.454. The van der Waals surface area contributed by atoms with Gasteiger partial charge in [0.2, 0.25) is 0 Å². The van der Waals surface area contributed by atoms with Crippen molar-refractivity contribution in [2.45, 2.75) is 52.7 Å². The first-order valence-corrected chi connectivity index (χ1v) is 10.3. The second-order valence-corrected chi connectivity index (χ2v) is 8.80. The van der Waals surface area contributed by atoms with E-state index in [1.54, 1.807) is 16.8 Å². The molecule has 8 nitrogen and oxygen atoms in total. The van der Waals surface area contributed by atoms with E-state index < -0.39 is 30.3 Å². The van der Waals surface area contributed by atoms with Crippen LogP contribution in [0.5, 0.6) is 11.5 Å². The molecule has 0 bridgehead atoms. The Bertz CT molecular complexity index is 1200. The topological polar surface area (TPSA) is 88.9 Å². The predicted molar refractivity (Wildman–Crippen MR) is 119 cm³/mol. The predicted octanol–water partition coefficient (Wildman–Crippen LogP) is 3.18. The van der Waals surface area contributed by atoms with Gasteiger partial charge < -0.3 is 18.8 Å². The number of benzene rings is 2. The SMILES string of the molecule is CC(=O)Oc1ccc(-n2cc3cc(B4OC(C)(C)C(C)(C)O4)ccc3n2)c(OC(C)=O)c1. The lowest BCUT2D eigenvalue weighted by Crippen LogP contribution is -2.41. The highest BCUT2D eigenvalue weighted by molar-refractivity contribution is 6.62. The van der Waals surface area contributed by atoms with Crippen LogP contribution in [0.3, 0.4) is 0 Å². The number of carbonyl (C=O) groups excluding carboxylic acids is 2. The standard InChI is InChI=1S/C23H25BN2O6/c1-14(27)29-18-8-10-20(21(12-18)30-15(2)28)26-13-16-11-17(7-9-19(16)25-26)24-31-22(3,4)23(5,6)32-24/h7-13H,1-6H3. The number of hydrogen-bond acceptors (Lipinski definition) is 7. The highest BCUT2D eigenvalue weighted by Crippen LogP contribution is 2.36. The Hall–Kier alpha value is -3.17. The third-order valence-electron chi connectivity index (χ3n) is 5.75. The van der Waals surface area contributed by atoms with E-state index in [0.29, 0.717) is 5.69 Å². The molecule has 0 atom stereocenters. The lowest BCUT2D eigenvalue weighted by Gasteiger charge is -2.32. The van der Waals surface area contributed by atoms with Crippen LogP contribution >= 0.6 is 0 Å². The van der Waals surface area contributed by atoms with Crippen molar-refractivity contribution in [3.05, 3.63) is 42.6 Å². The van der Waals surface area contributed by atoms with Crippen LogP contribution < -0.4 is 14.9 Å². The zero-order chi connectivity index (χ0) is 23.3. The number of esters is 2. The van der Waals surface area contributed by atoms with E-state index in [4.69, 9.17) is 18.8 Å². The Morgan fingerprint density at radius 3 is 2.22 bits per heavy atom. The van der Waals surface area contributed by atoms with Crippen molar-refractivity contribution in [1.29, 1.82) is 0 Å². The number of hydrogen-bond donors (Lipinski definition) is 0. The molecule has 0 unspecified atom stereocenters. The number of fused-ring (bicyclic) bond motifs is 1. The minimum absolute atomic E-state index is 0.232. The summed E-state index contributed by atoms with van der Waals surface area (Å²) >= 11 is 0. The van der Waals surface area contributed by atoms with Gasteiger partial charge in [0.05, 0.1) is 16.7 Å².